The van der Waals surface area contributed by atoms with Gasteiger partial charge in [0, 0.05) is 30.6 Å². The van der Waals surface area contributed by atoms with E-state index in [0.29, 0.717) is 5.69 Å². The van der Waals surface area contributed by atoms with Crippen LogP contribution in [0.5, 0.6) is 0 Å². The van der Waals surface area contributed by atoms with Gasteiger partial charge in [-0.25, -0.2) is 9.79 Å². The second kappa shape index (κ2) is 9.75. The molecule has 2 aromatic rings. The summed E-state index contributed by atoms with van der Waals surface area (Å²) < 4.78 is 0. The minimum absolute atomic E-state index is 0.141. The minimum Gasteiger partial charge on any atom is -0.310 e. The van der Waals surface area contributed by atoms with Gasteiger partial charge in [0.05, 0.1) is 5.69 Å². The molecule has 0 saturated heterocycles. The number of urea groups is 1. The zero-order valence-corrected chi connectivity index (χ0v) is 19.7. The second-order valence-electron chi connectivity index (χ2n) is 9.06. The van der Waals surface area contributed by atoms with Crippen molar-refractivity contribution >= 4 is 29.5 Å². The summed E-state index contributed by atoms with van der Waals surface area (Å²) in [5.41, 5.74) is 3.31. The third-order valence-corrected chi connectivity index (χ3v) is 6.74. The van der Waals surface area contributed by atoms with Crippen molar-refractivity contribution in [2.24, 2.45) is 4.99 Å². The highest BCUT2D eigenvalue weighted by Crippen LogP contribution is 2.31. The first-order chi connectivity index (χ1) is 15.9. The number of carbonyl (C=O) groups is 2. The van der Waals surface area contributed by atoms with Crippen molar-refractivity contribution in [3.8, 4) is 0 Å². The number of aryl methyl sites for hydroxylation is 1. The molecule has 2 N–H and O–H groups in total. The van der Waals surface area contributed by atoms with E-state index in [0.717, 1.165) is 42.5 Å². The molecule has 174 valence electrons. The van der Waals surface area contributed by atoms with Crippen LogP contribution in [0.1, 0.15) is 49.7 Å². The molecule has 0 bridgehead atoms. The van der Waals surface area contributed by atoms with Crippen LogP contribution in [-0.2, 0) is 4.79 Å². The van der Waals surface area contributed by atoms with Gasteiger partial charge in [-0.1, -0.05) is 56.0 Å². The Bertz CT molecular complexity index is 1040. The maximum atomic E-state index is 14.0. The lowest BCUT2D eigenvalue weighted by Crippen LogP contribution is -2.68. The average molecular weight is 448 g/mol. The van der Waals surface area contributed by atoms with E-state index >= 15 is 0 Å². The summed E-state index contributed by atoms with van der Waals surface area (Å²) in [6.45, 7) is 1.97. The first-order valence-electron chi connectivity index (χ1n) is 11.7. The van der Waals surface area contributed by atoms with Crippen molar-refractivity contribution in [1.82, 2.24) is 10.2 Å². The van der Waals surface area contributed by atoms with E-state index in [1.807, 2.05) is 67.4 Å². The van der Waals surface area contributed by atoms with Gasteiger partial charge in [-0.05, 0) is 50.6 Å². The maximum absolute atomic E-state index is 14.0. The first-order valence-corrected chi connectivity index (χ1v) is 11.7. The van der Waals surface area contributed by atoms with Crippen LogP contribution in [0.25, 0.3) is 0 Å². The van der Waals surface area contributed by atoms with Crippen LogP contribution in [0.2, 0.25) is 0 Å². The fourth-order valence-corrected chi connectivity index (χ4v) is 4.83. The Kier molecular flexibility index (Phi) is 6.79. The smallest absolute Gasteiger partial charge is 0.310 e. The monoisotopic (exact) mass is 447 g/mol. The number of nitrogens with zero attached hydrogens (tertiary/aromatic N) is 3. The standard InChI is InChI=1S/C26H33N5O2/c1-19-11-10-13-21(17-19)28-25(33)29-26(31(3)22-14-6-4-5-7-15-22)24(32)30(2)23-16-9-8-12-20(23)18-27-26/h8-13,16-18,22H,4-7,14-15H2,1-3H3,(H2,28,29,33). The molecule has 1 aliphatic heterocycles. The summed E-state index contributed by atoms with van der Waals surface area (Å²) in [4.78, 5) is 35.5. The number of rotatable bonds is 4. The third-order valence-electron chi connectivity index (χ3n) is 6.74. The van der Waals surface area contributed by atoms with Crippen LogP contribution < -0.4 is 15.5 Å². The SMILES string of the molecule is Cc1cccc(NC(=O)NC2(N(C)C3CCCCCC3)N=Cc3ccccc3N(C)C2=O)c1. The number of fused-ring (bicyclic) bond motifs is 1. The number of hydrogen-bond acceptors (Lipinski definition) is 4. The van der Waals surface area contributed by atoms with E-state index in [9.17, 15) is 9.59 Å². The van der Waals surface area contributed by atoms with E-state index in [4.69, 9.17) is 4.99 Å². The van der Waals surface area contributed by atoms with Crippen molar-refractivity contribution < 1.29 is 9.59 Å². The molecule has 1 saturated carbocycles. The summed E-state index contributed by atoms with van der Waals surface area (Å²) in [7, 11) is 3.65. The quantitative estimate of drug-likeness (QED) is 0.534. The molecule has 4 rings (SSSR count). The predicted molar refractivity (Wildman–Crippen MR) is 133 cm³/mol. The lowest BCUT2D eigenvalue weighted by Gasteiger charge is -2.42. The van der Waals surface area contributed by atoms with Crippen LogP contribution in [0, 0.1) is 6.92 Å². The molecule has 1 unspecified atom stereocenters. The fraction of sp³-hybridized carbons (Fsp3) is 0.423. The van der Waals surface area contributed by atoms with Crippen LogP contribution >= 0.6 is 0 Å². The van der Waals surface area contributed by atoms with Crippen molar-refractivity contribution in [2.75, 3.05) is 24.3 Å². The summed E-state index contributed by atoms with van der Waals surface area (Å²) in [6, 6.07) is 14.9. The normalized spacial score (nSPS) is 21.3. The van der Waals surface area contributed by atoms with Gasteiger partial charge in [0.25, 0.3) is 11.7 Å². The molecule has 0 radical (unpaired) electrons. The highest BCUT2D eigenvalue weighted by Gasteiger charge is 2.49. The summed E-state index contributed by atoms with van der Waals surface area (Å²) in [5, 5.41) is 5.84. The Morgan fingerprint density at radius 3 is 2.55 bits per heavy atom. The van der Waals surface area contributed by atoms with Crippen LogP contribution in [0.4, 0.5) is 16.2 Å². The van der Waals surface area contributed by atoms with Crippen LogP contribution in [0.15, 0.2) is 53.5 Å². The van der Waals surface area contributed by atoms with E-state index in [2.05, 4.69) is 10.6 Å². The highest BCUT2D eigenvalue weighted by molar-refractivity contribution is 6.08. The molecule has 1 fully saturated rings. The Labute approximate surface area is 195 Å². The van der Waals surface area contributed by atoms with Gasteiger partial charge in [-0.3, -0.25) is 15.0 Å². The van der Waals surface area contributed by atoms with Gasteiger partial charge >= 0.3 is 6.03 Å². The predicted octanol–water partition coefficient (Wildman–Crippen LogP) is 4.52. The fourth-order valence-electron chi connectivity index (χ4n) is 4.83. The molecule has 1 aliphatic carbocycles. The zero-order valence-electron chi connectivity index (χ0n) is 19.7. The summed E-state index contributed by atoms with van der Waals surface area (Å²) in [6.07, 6.45) is 8.25. The zero-order chi connectivity index (χ0) is 23.4. The molecule has 1 atom stereocenters. The van der Waals surface area contributed by atoms with E-state index < -0.39 is 11.8 Å². The molecule has 3 amide bonds. The van der Waals surface area contributed by atoms with Crippen molar-refractivity contribution in [3.63, 3.8) is 0 Å². The molecule has 0 spiro atoms. The molecule has 7 heteroatoms. The minimum atomic E-state index is -1.54. The molecular formula is C26H33N5O2. The molecule has 1 heterocycles. The molecule has 2 aromatic carbocycles. The van der Waals surface area contributed by atoms with E-state index in [-0.39, 0.29) is 11.9 Å². The van der Waals surface area contributed by atoms with Crippen LogP contribution in [0.3, 0.4) is 0 Å². The second-order valence-corrected chi connectivity index (χ2v) is 9.06. The topological polar surface area (TPSA) is 77.0 Å². The number of nitrogens with one attached hydrogen (secondary N) is 2. The molecule has 33 heavy (non-hydrogen) atoms. The number of hydrogen-bond donors (Lipinski definition) is 2. The number of amides is 3. The Morgan fingerprint density at radius 2 is 1.82 bits per heavy atom. The van der Waals surface area contributed by atoms with Gasteiger partial charge in [0.15, 0.2) is 0 Å². The molecule has 2 aliphatic rings. The lowest BCUT2D eigenvalue weighted by atomic mass is 10.0. The van der Waals surface area contributed by atoms with Crippen molar-refractivity contribution in [3.05, 3.63) is 59.7 Å². The Hall–Kier alpha value is -3.19. The number of carbonyl (C=O) groups excluding carboxylic acids is 2. The first kappa shape index (κ1) is 23.0. The number of benzene rings is 2. The number of para-hydroxylation sites is 1. The third kappa shape index (κ3) is 4.78. The van der Waals surface area contributed by atoms with Crippen molar-refractivity contribution in [1.29, 1.82) is 0 Å². The Balaban J connectivity index is 1.70. The summed E-state index contributed by atoms with van der Waals surface area (Å²) in [5.74, 6) is -1.83. The summed E-state index contributed by atoms with van der Waals surface area (Å²) >= 11 is 0. The number of likely N-dealkylation sites (N-methyl/N-ethyl adjacent to an activating group) is 2. The number of aliphatic imine (C=N–C) groups is 1. The number of benzodiazepines with no additional fused rings is 1. The van der Waals surface area contributed by atoms with E-state index in [1.165, 1.54) is 12.8 Å². The van der Waals surface area contributed by atoms with Gasteiger partial charge in [-0.15, -0.1) is 0 Å². The van der Waals surface area contributed by atoms with Gasteiger partial charge < -0.3 is 10.2 Å². The van der Waals surface area contributed by atoms with Gasteiger partial charge in [0.2, 0.25) is 0 Å². The van der Waals surface area contributed by atoms with E-state index in [1.54, 1.807) is 18.2 Å². The van der Waals surface area contributed by atoms with Crippen molar-refractivity contribution in [2.45, 2.75) is 57.3 Å². The van der Waals surface area contributed by atoms with Gasteiger partial charge in [0.1, 0.15) is 0 Å². The largest absolute Gasteiger partial charge is 0.322 e. The number of anilines is 2. The highest BCUT2D eigenvalue weighted by atomic mass is 16.2. The van der Waals surface area contributed by atoms with Gasteiger partial charge in [-0.2, -0.15) is 0 Å². The average Bonchev–Trinajstić information content (AvgIpc) is 3.14. The molecular weight excluding hydrogens is 414 g/mol. The van der Waals surface area contributed by atoms with Crippen LogP contribution in [-0.4, -0.2) is 49.0 Å². The lowest BCUT2D eigenvalue weighted by molar-refractivity contribution is -0.132. The maximum Gasteiger partial charge on any atom is 0.322 e. The molecule has 7 nitrogen and oxygen atoms in total. The Morgan fingerprint density at radius 1 is 1.09 bits per heavy atom. The molecule has 0 aromatic heterocycles.